The molecule has 1 aliphatic carbocycles. The maximum Gasteiger partial charge on any atom is 0.0208 e. The zero-order chi connectivity index (χ0) is 12.6. The van der Waals surface area contributed by atoms with Crippen LogP contribution in [0.15, 0.2) is 48.7 Å². The van der Waals surface area contributed by atoms with E-state index in [0.717, 1.165) is 18.9 Å². The molecule has 1 nitrogen and oxygen atoms in total. The number of rotatable bonds is 5. The van der Waals surface area contributed by atoms with Gasteiger partial charge in [0.2, 0.25) is 0 Å². The van der Waals surface area contributed by atoms with Crippen molar-refractivity contribution in [3.63, 3.8) is 0 Å². The minimum atomic E-state index is 0.656. The lowest BCUT2D eigenvalue weighted by Crippen LogP contribution is -2.37. The number of hydrogen-bond acceptors (Lipinski definition) is 1. The second-order valence-electron chi connectivity index (χ2n) is 5.16. The van der Waals surface area contributed by atoms with Gasteiger partial charge in [0, 0.05) is 12.6 Å². The van der Waals surface area contributed by atoms with Crippen molar-refractivity contribution in [3.8, 4) is 0 Å². The van der Waals surface area contributed by atoms with E-state index >= 15 is 0 Å². The van der Waals surface area contributed by atoms with Gasteiger partial charge >= 0.3 is 0 Å². The van der Waals surface area contributed by atoms with Crippen LogP contribution in [0.1, 0.15) is 37.7 Å². The van der Waals surface area contributed by atoms with E-state index in [1.54, 1.807) is 0 Å². The SMILES string of the molecule is C=C=CC[C@H]1CCCC[C@H]1NCc1ccccc1. The smallest absolute Gasteiger partial charge is 0.0208 e. The minimum Gasteiger partial charge on any atom is -0.310 e. The number of hydrogen-bond donors (Lipinski definition) is 1. The first kappa shape index (κ1) is 13.1. The van der Waals surface area contributed by atoms with Crippen LogP contribution in [0.4, 0.5) is 0 Å². The topological polar surface area (TPSA) is 12.0 Å². The van der Waals surface area contributed by atoms with E-state index in [1.165, 1.54) is 31.2 Å². The van der Waals surface area contributed by atoms with Gasteiger partial charge in [0.25, 0.3) is 0 Å². The van der Waals surface area contributed by atoms with Crippen LogP contribution in [-0.2, 0) is 6.54 Å². The highest BCUT2D eigenvalue weighted by atomic mass is 14.9. The second-order valence-corrected chi connectivity index (χ2v) is 5.16. The summed E-state index contributed by atoms with van der Waals surface area (Å²) in [5, 5.41) is 3.73. The molecule has 1 saturated carbocycles. The Balaban J connectivity index is 1.87. The quantitative estimate of drug-likeness (QED) is 0.766. The second kappa shape index (κ2) is 7.20. The van der Waals surface area contributed by atoms with Gasteiger partial charge < -0.3 is 5.32 Å². The summed E-state index contributed by atoms with van der Waals surface area (Å²) in [6, 6.07) is 11.3. The van der Waals surface area contributed by atoms with Crippen LogP contribution in [0.3, 0.4) is 0 Å². The fraction of sp³-hybridized carbons (Fsp3) is 0.471. The van der Waals surface area contributed by atoms with Crippen molar-refractivity contribution >= 4 is 0 Å². The molecule has 0 radical (unpaired) electrons. The average molecular weight is 241 g/mol. The van der Waals surface area contributed by atoms with Gasteiger partial charge in [0.15, 0.2) is 0 Å². The largest absolute Gasteiger partial charge is 0.310 e. The average Bonchev–Trinajstić information content (AvgIpc) is 2.45. The summed E-state index contributed by atoms with van der Waals surface area (Å²) in [5.41, 5.74) is 4.28. The molecule has 2 rings (SSSR count). The lowest BCUT2D eigenvalue weighted by atomic mass is 9.82. The van der Waals surface area contributed by atoms with E-state index in [-0.39, 0.29) is 0 Å². The maximum absolute atomic E-state index is 3.73. The highest BCUT2D eigenvalue weighted by molar-refractivity contribution is 5.14. The van der Waals surface area contributed by atoms with Crippen molar-refractivity contribution in [1.29, 1.82) is 0 Å². The molecule has 1 aromatic rings. The van der Waals surface area contributed by atoms with Crippen LogP contribution in [0.2, 0.25) is 0 Å². The molecule has 2 atom stereocenters. The molecule has 1 aromatic carbocycles. The van der Waals surface area contributed by atoms with Gasteiger partial charge in [-0.3, -0.25) is 0 Å². The normalized spacial score (nSPS) is 23.3. The van der Waals surface area contributed by atoms with Gasteiger partial charge in [-0.1, -0.05) is 49.8 Å². The van der Waals surface area contributed by atoms with E-state index in [0.29, 0.717) is 6.04 Å². The number of nitrogens with one attached hydrogen (secondary N) is 1. The Bertz CT molecular complexity index is 389. The summed E-state index contributed by atoms with van der Waals surface area (Å²) < 4.78 is 0. The van der Waals surface area contributed by atoms with E-state index < -0.39 is 0 Å². The van der Waals surface area contributed by atoms with Gasteiger partial charge in [-0.05, 0) is 36.8 Å². The van der Waals surface area contributed by atoms with Crippen LogP contribution in [0, 0.1) is 5.92 Å². The molecule has 0 aliphatic heterocycles. The Morgan fingerprint density at radius 3 is 2.78 bits per heavy atom. The van der Waals surface area contributed by atoms with Crippen molar-refractivity contribution in [2.24, 2.45) is 5.92 Å². The third-order valence-corrected chi connectivity index (χ3v) is 3.89. The Labute approximate surface area is 111 Å². The van der Waals surface area contributed by atoms with Gasteiger partial charge in [-0.15, -0.1) is 5.73 Å². The van der Waals surface area contributed by atoms with Crippen molar-refractivity contribution in [2.45, 2.75) is 44.7 Å². The fourth-order valence-electron chi connectivity index (χ4n) is 2.84. The third-order valence-electron chi connectivity index (χ3n) is 3.89. The first-order valence-corrected chi connectivity index (χ1v) is 7.02. The van der Waals surface area contributed by atoms with Crippen LogP contribution < -0.4 is 5.32 Å². The van der Waals surface area contributed by atoms with E-state index in [2.05, 4.69) is 54.0 Å². The molecular formula is C17H23N. The molecule has 0 aromatic heterocycles. The highest BCUT2D eigenvalue weighted by Crippen LogP contribution is 2.27. The van der Waals surface area contributed by atoms with Gasteiger partial charge in [-0.25, -0.2) is 0 Å². The monoisotopic (exact) mass is 241 g/mol. The zero-order valence-electron chi connectivity index (χ0n) is 11.1. The summed E-state index contributed by atoms with van der Waals surface area (Å²) in [4.78, 5) is 0. The minimum absolute atomic E-state index is 0.656. The molecule has 1 fully saturated rings. The molecular weight excluding hydrogens is 218 g/mol. The van der Waals surface area contributed by atoms with Crippen LogP contribution in [0.25, 0.3) is 0 Å². The fourth-order valence-corrected chi connectivity index (χ4v) is 2.84. The molecule has 0 spiro atoms. The molecule has 1 aliphatic rings. The maximum atomic E-state index is 3.73. The van der Waals surface area contributed by atoms with E-state index in [4.69, 9.17) is 0 Å². The first-order chi connectivity index (χ1) is 8.90. The molecule has 0 saturated heterocycles. The standard InChI is InChI=1S/C17H23N/c1-2-3-11-16-12-7-8-13-17(16)18-14-15-9-5-4-6-10-15/h3-6,9-10,16-18H,1,7-8,11-14H2/t16-,17+/m0/s1. The molecule has 0 bridgehead atoms. The van der Waals surface area contributed by atoms with E-state index in [1.807, 2.05) is 0 Å². The van der Waals surface area contributed by atoms with E-state index in [9.17, 15) is 0 Å². The molecule has 0 amide bonds. The van der Waals surface area contributed by atoms with Crippen LogP contribution in [-0.4, -0.2) is 6.04 Å². The summed E-state index contributed by atoms with van der Waals surface area (Å²) >= 11 is 0. The van der Waals surface area contributed by atoms with Gasteiger partial charge in [0.05, 0.1) is 0 Å². The predicted octanol–water partition coefficient (Wildman–Crippen LogP) is 4.07. The Hall–Kier alpha value is -1.30. The molecule has 1 N–H and O–H groups in total. The van der Waals surface area contributed by atoms with Crippen LogP contribution in [0.5, 0.6) is 0 Å². The van der Waals surface area contributed by atoms with Crippen LogP contribution >= 0.6 is 0 Å². The molecule has 96 valence electrons. The van der Waals surface area contributed by atoms with Gasteiger partial charge in [-0.2, -0.15) is 0 Å². The summed E-state index contributed by atoms with van der Waals surface area (Å²) in [6.45, 7) is 4.65. The lowest BCUT2D eigenvalue weighted by molar-refractivity contribution is 0.262. The molecule has 1 heteroatoms. The van der Waals surface area contributed by atoms with Crippen molar-refractivity contribution in [2.75, 3.05) is 0 Å². The zero-order valence-corrected chi connectivity index (χ0v) is 11.1. The summed E-state index contributed by atoms with van der Waals surface area (Å²) in [7, 11) is 0. The Morgan fingerprint density at radius 1 is 1.22 bits per heavy atom. The molecule has 0 unspecified atom stereocenters. The number of benzene rings is 1. The highest BCUT2D eigenvalue weighted by Gasteiger charge is 2.23. The summed E-state index contributed by atoms with van der Waals surface area (Å²) in [6.07, 6.45) is 8.59. The lowest BCUT2D eigenvalue weighted by Gasteiger charge is -2.31. The Morgan fingerprint density at radius 2 is 2.00 bits per heavy atom. The Kier molecular flexibility index (Phi) is 5.26. The third kappa shape index (κ3) is 3.87. The number of allylic oxidation sites excluding steroid dienone is 1. The van der Waals surface area contributed by atoms with Crippen molar-refractivity contribution < 1.29 is 0 Å². The predicted molar refractivity (Wildman–Crippen MR) is 77.4 cm³/mol. The van der Waals surface area contributed by atoms with Crippen molar-refractivity contribution in [1.82, 2.24) is 5.32 Å². The molecule has 0 heterocycles. The van der Waals surface area contributed by atoms with Crippen molar-refractivity contribution in [3.05, 3.63) is 54.3 Å². The first-order valence-electron chi connectivity index (χ1n) is 7.02. The molecule has 18 heavy (non-hydrogen) atoms. The van der Waals surface area contributed by atoms with Gasteiger partial charge in [0.1, 0.15) is 0 Å². The summed E-state index contributed by atoms with van der Waals surface area (Å²) in [5.74, 6) is 0.761.